The van der Waals surface area contributed by atoms with Crippen molar-refractivity contribution in [2.75, 3.05) is 39.8 Å². The van der Waals surface area contributed by atoms with Crippen LogP contribution in [0.4, 0.5) is 0 Å². The third-order valence-corrected chi connectivity index (χ3v) is 4.16. The molecule has 0 atom stereocenters. The fourth-order valence-electron chi connectivity index (χ4n) is 2.64. The Bertz CT molecular complexity index is 368. The lowest BCUT2D eigenvalue weighted by Gasteiger charge is -2.32. The van der Waals surface area contributed by atoms with Crippen molar-refractivity contribution < 1.29 is 0 Å². The van der Waals surface area contributed by atoms with Crippen LogP contribution in [0.25, 0.3) is 0 Å². The summed E-state index contributed by atoms with van der Waals surface area (Å²) in [6.07, 6.45) is 8.24. The zero-order valence-corrected chi connectivity index (χ0v) is 13.1. The molecule has 0 amide bonds. The Morgan fingerprint density at radius 2 is 1.70 bits per heavy atom. The van der Waals surface area contributed by atoms with Crippen LogP contribution in [-0.4, -0.2) is 64.6 Å². The maximum atomic E-state index is 4.14. The van der Waals surface area contributed by atoms with Crippen LogP contribution in [0.1, 0.15) is 38.3 Å². The molecule has 0 unspecified atom stereocenters. The van der Waals surface area contributed by atoms with Gasteiger partial charge in [0.1, 0.15) is 0 Å². The van der Waals surface area contributed by atoms with Gasteiger partial charge < -0.3 is 9.80 Å². The molecule has 0 bridgehead atoms. The van der Waals surface area contributed by atoms with Gasteiger partial charge in [-0.05, 0) is 32.9 Å². The monoisotopic (exact) mass is 279 g/mol. The van der Waals surface area contributed by atoms with Crippen molar-refractivity contribution in [2.24, 2.45) is 0 Å². The molecule has 0 radical (unpaired) electrons. The molecule has 1 fully saturated rings. The highest BCUT2D eigenvalue weighted by Crippen LogP contribution is 2.06. The molecule has 0 N–H and O–H groups in total. The number of hydrogen-bond donors (Lipinski definition) is 0. The fourth-order valence-corrected chi connectivity index (χ4v) is 2.64. The first-order valence-corrected chi connectivity index (χ1v) is 8.08. The van der Waals surface area contributed by atoms with Crippen molar-refractivity contribution in [3.05, 3.63) is 11.9 Å². The van der Waals surface area contributed by atoms with Crippen LogP contribution in [0.15, 0.2) is 6.20 Å². The van der Waals surface area contributed by atoms with Crippen LogP contribution in [0, 0.1) is 0 Å². The molecular formula is C15H29N5. The minimum Gasteiger partial charge on any atom is -0.304 e. The van der Waals surface area contributed by atoms with Crippen LogP contribution in [0.2, 0.25) is 0 Å². The van der Waals surface area contributed by atoms with Crippen molar-refractivity contribution in [2.45, 2.75) is 45.6 Å². The van der Waals surface area contributed by atoms with Crippen molar-refractivity contribution in [3.63, 3.8) is 0 Å². The van der Waals surface area contributed by atoms with E-state index < -0.39 is 0 Å². The second-order valence-electron chi connectivity index (χ2n) is 5.89. The van der Waals surface area contributed by atoms with Gasteiger partial charge in [-0.25, -0.2) is 0 Å². The number of rotatable bonds is 8. The Labute approximate surface area is 122 Å². The van der Waals surface area contributed by atoms with Gasteiger partial charge in [-0.15, -0.1) is 5.10 Å². The summed E-state index contributed by atoms with van der Waals surface area (Å²) < 4.78 is 1.99. The Morgan fingerprint density at radius 1 is 1.00 bits per heavy atom. The highest BCUT2D eigenvalue weighted by molar-refractivity contribution is 4.90. The van der Waals surface area contributed by atoms with Crippen LogP contribution in [0.3, 0.4) is 0 Å². The summed E-state index contributed by atoms with van der Waals surface area (Å²) in [4.78, 5) is 5.02. The van der Waals surface area contributed by atoms with Crippen molar-refractivity contribution >= 4 is 0 Å². The van der Waals surface area contributed by atoms with E-state index in [0.717, 1.165) is 18.7 Å². The van der Waals surface area contributed by atoms with E-state index in [2.05, 4.69) is 40.3 Å². The molecule has 1 aromatic heterocycles. The van der Waals surface area contributed by atoms with E-state index in [4.69, 9.17) is 0 Å². The standard InChI is InChI=1S/C15H29N5/c1-3-15-14-20(17-16-15)9-7-5-4-6-8-19-12-10-18(2)11-13-19/h14H,3-13H2,1-2H3. The van der Waals surface area contributed by atoms with Gasteiger partial charge in [-0.2, -0.15) is 0 Å². The van der Waals surface area contributed by atoms with Gasteiger partial charge in [-0.3, -0.25) is 4.68 Å². The van der Waals surface area contributed by atoms with Crippen molar-refractivity contribution in [1.29, 1.82) is 0 Å². The highest BCUT2D eigenvalue weighted by Gasteiger charge is 2.12. The van der Waals surface area contributed by atoms with Gasteiger partial charge in [0.15, 0.2) is 0 Å². The van der Waals surface area contributed by atoms with Gasteiger partial charge in [0.2, 0.25) is 0 Å². The molecule has 0 spiro atoms. The molecule has 0 aromatic carbocycles. The maximum Gasteiger partial charge on any atom is 0.0824 e. The third-order valence-electron chi connectivity index (χ3n) is 4.16. The predicted molar refractivity (Wildman–Crippen MR) is 81.8 cm³/mol. The normalized spacial score (nSPS) is 17.7. The van der Waals surface area contributed by atoms with Gasteiger partial charge >= 0.3 is 0 Å². The Balaban J connectivity index is 1.47. The number of unbranched alkanes of at least 4 members (excludes halogenated alkanes) is 3. The average molecular weight is 279 g/mol. The zero-order valence-electron chi connectivity index (χ0n) is 13.1. The van der Waals surface area contributed by atoms with Gasteiger partial charge in [0.05, 0.1) is 5.69 Å². The number of piperazine rings is 1. The summed E-state index contributed by atoms with van der Waals surface area (Å²) in [6, 6.07) is 0. The number of nitrogens with zero attached hydrogens (tertiary/aromatic N) is 5. The average Bonchev–Trinajstić information content (AvgIpc) is 2.92. The first kappa shape index (κ1) is 15.4. The van der Waals surface area contributed by atoms with E-state index in [9.17, 15) is 0 Å². The molecule has 5 heteroatoms. The van der Waals surface area contributed by atoms with E-state index in [1.165, 1.54) is 58.4 Å². The molecule has 1 saturated heterocycles. The molecule has 0 aliphatic carbocycles. The van der Waals surface area contributed by atoms with Crippen LogP contribution in [-0.2, 0) is 13.0 Å². The van der Waals surface area contributed by atoms with Gasteiger partial charge in [-0.1, -0.05) is 25.0 Å². The Hall–Kier alpha value is -0.940. The minimum absolute atomic E-state index is 0.977. The second-order valence-corrected chi connectivity index (χ2v) is 5.89. The first-order chi connectivity index (χ1) is 9.78. The van der Waals surface area contributed by atoms with E-state index in [1.54, 1.807) is 0 Å². The predicted octanol–water partition coefficient (Wildman–Crippen LogP) is 1.65. The molecule has 20 heavy (non-hydrogen) atoms. The SMILES string of the molecule is CCc1cn(CCCCCCN2CCN(C)CC2)nn1. The summed E-state index contributed by atoms with van der Waals surface area (Å²) in [5.41, 5.74) is 1.10. The largest absolute Gasteiger partial charge is 0.304 e. The Kier molecular flexibility index (Phi) is 6.47. The summed E-state index contributed by atoms with van der Waals surface area (Å²) in [7, 11) is 2.21. The minimum atomic E-state index is 0.977. The molecule has 2 heterocycles. The molecule has 0 saturated carbocycles. The highest BCUT2D eigenvalue weighted by atomic mass is 15.4. The quantitative estimate of drug-likeness (QED) is 0.678. The van der Waals surface area contributed by atoms with E-state index in [-0.39, 0.29) is 0 Å². The molecule has 5 nitrogen and oxygen atoms in total. The van der Waals surface area contributed by atoms with Crippen molar-refractivity contribution in [3.8, 4) is 0 Å². The zero-order chi connectivity index (χ0) is 14.2. The number of hydrogen-bond acceptors (Lipinski definition) is 4. The lowest BCUT2D eigenvalue weighted by atomic mass is 10.2. The van der Waals surface area contributed by atoms with Crippen molar-refractivity contribution in [1.82, 2.24) is 24.8 Å². The van der Waals surface area contributed by atoms with Gasteiger partial charge in [0.25, 0.3) is 0 Å². The summed E-state index contributed by atoms with van der Waals surface area (Å²) in [5.74, 6) is 0. The topological polar surface area (TPSA) is 37.2 Å². The van der Waals surface area contributed by atoms with E-state index in [1.807, 2.05) is 4.68 Å². The fraction of sp³-hybridized carbons (Fsp3) is 0.867. The van der Waals surface area contributed by atoms with E-state index in [0.29, 0.717) is 0 Å². The number of aromatic nitrogens is 3. The number of aryl methyl sites for hydroxylation is 2. The summed E-state index contributed by atoms with van der Waals surface area (Å²) >= 11 is 0. The molecule has 2 rings (SSSR count). The first-order valence-electron chi connectivity index (χ1n) is 8.08. The number of likely N-dealkylation sites (N-methyl/N-ethyl adjacent to an activating group) is 1. The third kappa shape index (κ3) is 5.21. The van der Waals surface area contributed by atoms with E-state index >= 15 is 0 Å². The second kappa shape index (κ2) is 8.37. The molecular weight excluding hydrogens is 250 g/mol. The lowest BCUT2D eigenvalue weighted by Crippen LogP contribution is -2.44. The van der Waals surface area contributed by atoms with Gasteiger partial charge in [0, 0.05) is 38.9 Å². The molecule has 1 aliphatic rings. The smallest absolute Gasteiger partial charge is 0.0824 e. The lowest BCUT2D eigenvalue weighted by molar-refractivity contribution is 0.152. The molecule has 114 valence electrons. The molecule has 1 aliphatic heterocycles. The molecule has 1 aromatic rings. The van der Waals surface area contributed by atoms with Crippen LogP contribution in [0.5, 0.6) is 0 Å². The van der Waals surface area contributed by atoms with Crippen LogP contribution >= 0.6 is 0 Å². The summed E-state index contributed by atoms with van der Waals surface area (Å²) in [6.45, 7) is 9.36. The summed E-state index contributed by atoms with van der Waals surface area (Å²) in [5, 5.41) is 8.26. The Morgan fingerprint density at radius 3 is 2.35 bits per heavy atom. The maximum absolute atomic E-state index is 4.14. The van der Waals surface area contributed by atoms with Crippen LogP contribution < -0.4 is 0 Å².